The van der Waals surface area contributed by atoms with Gasteiger partial charge in [0, 0.05) is 25.9 Å². The van der Waals surface area contributed by atoms with E-state index in [9.17, 15) is 14.4 Å². The zero-order valence-corrected chi connectivity index (χ0v) is 11.4. The molecule has 0 unspecified atom stereocenters. The maximum Gasteiger partial charge on any atom is 0.160 e. The third kappa shape index (κ3) is 1.92. The van der Waals surface area contributed by atoms with E-state index in [2.05, 4.69) is 4.90 Å². The van der Waals surface area contributed by atoms with Crippen molar-refractivity contribution in [2.75, 3.05) is 18.0 Å². The molecule has 19 heavy (non-hydrogen) atoms. The predicted molar refractivity (Wildman–Crippen MR) is 72.8 cm³/mol. The summed E-state index contributed by atoms with van der Waals surface area (Å²) in [4.78, 5) is 37.5. The van der Waals surface area contributed by atoms with Gasteiger partial charge in [0.2, 0.25) is 0 Å². The van der Waals surface area contributed by atoms with E-state index in [0.29, 0.717) is 30.6 Å². The number of carbonyl (C=O) groups is 3. The molecule has 1 aliphatic carbocycles. The number of ketones is 2. The number of anilines is 1. The molecule has 1 saturated heterocycles. The standard InChI is InChI=1S/C14H15NO3S/c16-9-10-1-4-13(19-10)15-7-5-14(6-8-15)11(17)2-3-12(14)18/h1,4,9H,2-3,5-8H2. The number of thiophene rings is 1. The van der Waals surface area contributed by atoms with E-state index in [-0.39, 0.29) is 11.6 Å². The van der Waals surface area contributed by atoms with Gasteiger partial charge in [0.25, 0.3) is 0 Å². The third-order valence-corrected chi connectivity index (χ3v) is 5.38. The smallest absolute Gasteiger partial charge is 0.160 e. The quantitative estimate of drug-likeness (QED) is 0.613. The van der Waals surface area contributed by atoms with Crippen molar-refractivity contribution in [3.8, 4) is 0 Å². The van der Waals surface area contributed by atoms with Crippen molar-refractivity contribution in [1.82, 2.24) is 0 Å². The van der Waals surface area contributed by atoms with E-state index in [1.165, 1.54) is 11.3 Å². The fourth-order valence-corrected chi connectivity index (χ4v) is 3.98. The molecule has 3 rings (SSSR count). The molecule has 0 radical (unpaired) electrons. The first-order chi connectivity index (χ1) is 9.15. The normalized spacial score (nSPS) is 22.2. The second-order valence-electron chi connectivity index (χ2n) is 5.21. The lowest BCUT2D eigenvalue weighted by Gasteiger charge is -2.37. The van der Waals surface area contributed by atoms with Crippen LogP contribution in [0.5, 0.6) is 0 Å². The average Bonchev–Trinajstić information content (AvgIpc) is 3.01. The Labute approximate surface area is 115 Å². The van der Waals surface area contributed by atoms with Crippen molar-refractivity contribution < 1.29 is 14.4 Å². The summed E-state index contributed by atoms with van der Waals surface area (Å²) in [5.74, 6) is 0.272. The van der Waals surface area contributed by atoms with Gasteiger partial charge in [-0.2, -0.15) is 0 Å². The van der Waals surface area contributed by atoms with E-state index in [1.54, 1.807) is 0 Å². The Balaban J connectivity index is 1.74. The van der Waals surface area contributed by atoms with Crippen molar-refractivity contribution in [3.63, 3.8) is 0 Å². The number of aldehydes is 1. The fourth-order valence-electron chi connectivity index (χ4n) is 3.10. The van der Waals surface area contributed by atoms with Crippen LogP contribution in [-0.2, 0) is 9.59 Å². The van der Waals surface area contributed by atoms with Gasteiger partial charge in [-0.3, -0.25) is 14.4 Å². The summed E-state index contributed by atoms with van der Waals surface area (Å²) in [5.41, 5.74) is -0.679. The largest absolute Gasteiger partial charge is 0.363 e. The molecule has 4 nitrogen and oxygen atoms in total. The summed E-state index contributed by atoms with van der Waals surface area (Å²) in [6, 6.07) is 3.74. The van der Waals surface area contributed by atoms with Crippen molar-refractivity contribution in [2.45, 2.75) is 25.7 Å². The Morgan fingerprint density at radius 2 is 1.74 bits per heavy atom. The van der Waals surface area contributed by atoms with E-state index in [4.69, 9.17) is 0 Å². The van der Waals surface area contributed by atoms with Gasteiger partial charge >= 0.3 is 0 Å². The molecule has 1 saturated carbocycles. The first-order valence-electron chi connectivity index (χ1n) is 6.52. The van der Waals surface area contributed by atoms with Crippen LogP contribution in [0.2, 0.25) is 0 Å². The fraction of sp³-hybridized carbons (Fsp3) is 0.500. The number of hydrogen-bond acceptors (Lipinski definition) is 5. The monoisotopic (exact) mass is 277 g/mol. The summed E-state index contributed by atoms with van der Waals surface area (Å²) >= 11 is 1.46. The molecule has 2 fully saturated rings. The molecular formula is C14H15NO3S. The van der Waals surface area contributed by atoms with Gasteiger partial charge in [0.05, 0.1) is 15.3 Å². The Hall–Kier alpha value is -1.49. The lowest BCUT2D eigenvalue weighted by atomic mass is 9.75. The molecule has 0 N–H and O–H groups in total. The molecule has 1 aromatic heterocycles. The second-order valence-corrected chi connectivity index (χ2v) is 6.30. The first kappa shape index (κ1) is 12.5. The van der Waals surface area contributed by atoms with Gasteiger partial charge < -0.3 is 4.90 Å². The van der Waals surface area contributed by atoms with Crippen LogP contribution >= 0.6 is 11.3 Å². The first-order valence-corrected chi connectivity index (χ1v) is 7.34. The Morgan fingerprint density at radius 1 is 1.11 bits per heavy atom. The maximum absolute atomic E-state index is 12.0. The van der Waals surface area contributed by atoms with Crippen molar-refractivity contribution in [2.24, 2.45) is 5.41 Å². The molecular weight excluding hydrogens is 262 g/mol. The molecule has 100 valence electrons. The lowest BCUT2D eigenvalue weighted by Crippen LogP contribution is -2.45. The molecule has 1 aliphatic heterocycles. The topological polar surface area (TPSA) is 54.5 Å². The van der Waals surface area contributed by atoms with Crippen LogP contribution in [0.4, 0.5) is 5.00 Å². The second kappa shape index (κ2) is 4.56. The number of piperidine rings is 1. The highest BCUT2D eigenvalue weighted by Crippen LogP contribution is 2.42. The minimum atomic E-state index is -0.679. The Morgan fingerprint density at radius 3 is 2.26 bits per heavy atom. The van der Waals surface area contributed by atoms with Gasteiger partial charge in [0.1, 0.15) is 11.6 Å². The summed E-state index contributed by atoms with van der Waals surface area (Å²) in [7, 11) is 0. The number of carbonyl (C=O) groups excluding carboxylic acids is 3. The van der Waals surface area contributed by atoms with Crippen molar-refractivity contribution in [1.29, 1.82) is 0 Å². The molecule has 2 heterocycles. The van der Waals surface area contributed by atoms with Crippen LogP contribution in [0.15, 0.2) is 12.1 Å². The highest BCUT2D eigenvalue weighted by molar-refractivity contribution is 7.17. The van der Waals surface area contributed by atoms with Crippen molar-refractivity contribution >= 4 is 34.2 Å². The highest BCUT2D eigenvalue weighted by atomic mass is 32.1. The minimum absolute atomic E-state index is 0.136. The zero-order chi connectivity index (χ0) is 13.5. The molecule has 5 heteroatoms. The summed E-state index contributed by atoms with van der Waals surface area (Å²) in [6.45, 7) is 1.44. The molecule has 0 atom stereocenters. The van der Waals surface area contributed by atoms with Gasteiger partial charge in [0.15, 0.2) is 6.29 Å². The number of nitrogens with zero attached hydrogens (tertiary/aromatic N) is 1. The summed E-state index contributed by atoms with van der Waals surface area (Å²) in [5, 5.41) is 1.05. The van der Waals surface area contributed by atoms with Crippen LogP contribution in [-0.4, -0.2) is 30.9 Å². The van der Waals surface area contributed by atoms with Gasteiger partial charge in [-0.25, -0.2) is 0 Å². The lowest BCUT2D eigenvalue weighted by molar-refractivity contribution is -0.136. The predicted octanol–water partition coefficient (Wildman–Crippen LogP) is 2.08. The van der Waals surface area contributed by atoms with Crippen LogP contribution in [0.1, 0.15) is 35.4 Å². The molecule has 0 aromatic carbocycles. The maximum atomic E-state index is 12.0. The molecule has 1 spiro atoms. The Kier molecular flexibility index (Phi) is 3.01. The van der Waals surface area contributed by atoms with Crippen LogP contribution < -0.4 is 4.90 Å². The average molecular weight is 277 g/mol. The molecule has 2 aliphatic rings. The molecule has 0 bridgehead atoms. The number of rotatable bonds is 2. The van der Waals surface area contributed by atoms with E-state index in [1.807, 2.05) is 12.1 Å². The molecule has 1 aromatic rings. The van der Waals surface area contributed by atoms with Crippen molar-refractivity contribution in [3.05, 3.63) is 17.0 Å². The van der Waals surface area contributed by atoms with Crippen LogP contribution in [0, 0.1) is 5.41 Å². The van der Waals surface area contributed by atoms with Gasteiger partial charge in [-0.1, -0.05) is 0 Å². The van der Waals surface area contributed by atoms with Crippen LogP contribution in [0.25, 0.3) is 0 Å². The van der Waals surface area contributed by atoms with Gasteiger partial charge in [-0.05, 0) is 25.0 Å². The van der Waals surface area contributed by atoms with Gasteiger partial charge in [-0.15, -0.1) is 11.3 Å². The van der Waals surface area contributed by atoms with E-state index in [0.717, 1.165) is 24.4 Å². The Bertz CT molecular complexity index is 523. The zero-order valence-electron chi connectivity index (χ0n) is 10.6. The third-order valence-electron chi connectivity index (χ3n) is 4.30. The summed E-state index contributed by atoms with van der Waals surface area (Å²) in [6.07, 6.45) is 2.95. The van der Waals surface area contributed by atoms with E-state index >= 15 is 0 Å². The molecule has 0 amide bonds. The van der Waals surface area contributed by atoms with Crippen LogP contribution in [0.3, 0.4) is 0 Å². The SMILES string of the molecule is O=Cc1ccc(N2CCC3(CC2)C(=O)CCC3=O)s1. The highest BCUT2D eigenvalue weighted by Gasteiger charge is 2.50. The number of Topliss-reactive ketones (excluding diaryl/α,β-unsaturated/α-hetero) is 2. The summed E-state index contributed by atoms with van der Waals surface area (Å²) < 4.78 is 0. The van der Waals surface area contributed by atoms with E-state index < -0.39 is 5.41 Å². The minimum Gasteiger partial charge on any atom is -0.363 e. The number of hydrogen-bond donors (Lipinski definition) is 0.